The molecule has 1 aromatic heterocycles. The summed E-state index contributed by atoms with van der Waals surface area (Å²) in [5, 5.41) is 2.57. The molecule has 0 aromatic carbocycles. The molecule has 0 unspecified atom stereocenters. The van der Waals surface area contributed by atoms with E-state index < -0.39 is 20.7 Å². The standard InChI is InChI=1S/C9H17N3O6P2S.4Na.H2O/c13-19(14,15)9(20(16,17)18)12-4-1-2-7-21-8-10-5-3-6-11-8;;;;;/h3,5-6,9,12H,1-2,4,7H2,(H2,13,14,15)(H2,16,17,18);;;;;1H2/q;4*+1;/p-4. The molecule has 0 amide bonds. The number of thioether (sulfide) groups is 1. The first-order chi connectivity index (χ1) is 9.71. The molecular weight excluding hydrogens is 448 g/mol. The van der Waals surface area contributed by atoms with Crippen LogP contribution in [-0.2, 0) is 9.13 Å². The molecule has 1 rings (SSSR count). The predicted molar refractivity (Wildman–Crippen MR) is 72.6 cm³/mol. The smallest absolute Gasteiger partial charge is 0.809 e. The van der Waals surface area contributed by atoms with E-state index in [1.54, 1.807) is 18.5 Å². The van der Waals surface area contributed by atoms with Crippen LogP contribution >= 0.6 is 27.0 Å². The Hall–Kier alpha value is 3.65. The van der Waals surface area contributed by atoms with Crippen LogP contribution in [0.1, 0.15) is 12.8 Å². The van der Waals surface area contributed by atoms with Gasteiger partial charge in [0.1, 0.15) is 0 Å². The Labute approximate surface area is 245 Å². The van der Waals surface area contributed by atoms with Gasteiger partial charge >= 0.3 is 118 Å². The Bertz CT molecular complexity index is 517. The number of rotatable bonds is 9. The molecule has 128 valence electrons. The topological polar surface area (TPSA) is 196 Å². The van der Waals surface area contributed by atoms with Gasteiger partial charge in [-0.3, -0.25) is 0 Å². The third-order valence-electron chi connectivity index (χ3n) is 2.27. The van der Waals surface area contributed by atoms with Gasteiger partial charge in [-0.1, -0.05) is 11.8 Å². The van der Waals surface area contributed by atoms with E-state index in [2.05, 4.69) is 9.97 Å². The van der Waals surface area contributed by atoms with Crippen LogP contribution in [0.25, 0.3) is 0 Å². The van der Waals surface area contributed by atoms with Crippen LogP contribution in [0, 0.1) is 0 Å². The maximum atomic E-state index is 10.7. The molecule has 10 nitrogen and oxygen atoms in total. The summed E-state index contributed by atoms with van der Waals surface area (Å²) in [7, 11) is -11.1. The van der Waals surface area contributed by atoms with Crippen molar-refractivity contribution in [1.82, 2.24) is 15.3 Å². The summed E-state index contributed by atoms with van der Waals surface area (Å²) in [6, 6.07) is 1.68. The molecule has 0 aliphatic carbocycles. The molecule has 0 atom stereocenters. The zero-order valence-corrected chi connectivity index (χ0v) is 25.9. The minimum atomic E-state index is -5.53. The van der Waals surface area contributed by atoms with Gasteiger partial charge < -0.3 is 39.5 Å². The predicted octanol–water partition coefficient (Wildman–Crippen LogP) is -14.8. The van der Waals surface area contributed by atoms with Crippen molar-refractivity contribution in [2.45, 2.75) is 23.5 Å². The van der Waals surface area contributed by atoms with Crippen LogP contribution in [0.4, 0.5) is 0 Å². The molecule has 3 N–H and O–H groups in total. The fourth-order valence-electron chi connectivity index (χ4n) is 1.38. The average Bonchev–Trinajstić information content (AvgIpc) is 2.35. The van der Waals surface area contributed by atoms with E-state index in [9.17, 15) is 28.7 Å². The minimum absolute atomic E-state index is 0. The van der Waals surface area contributed by atoms with Gasteiger partial charge in [-0.05, 0) is 40.6 Å². The van der Waals surface area contributed by atoms with Crippen LogP contribution in [0.3, 0.4) is 0 Å². The van der Waals surface area contributed by atoms with Crippen molar-refractivity contribution in [3.8, 4) is 0 Å². The minimum Gasteiger partial charge on any atom is -0.809 e. The molecule has 0 saturated carbocycles. The largest absolute Gasteiger partial charge is 1.00 e. The van der Waals surface area contributed by atoms with Gasteiger partial charge in [-0.25, -0.2) is 9.97 Å². The van der Waals surface area contributed by atoms with Crippen LogP contribution in [-0.4, -0.2) is 33.3 Å². The maximum Gasteiger partial charge on any atom is 1.00 e. The van der Waals surface area contributed by atoms with Gasteiger partial charge in [0.05, 0.1) is 5.52 Å². The third kappa shape index (κ3) is 18.4. The average molecular weight is 463 g/mol. The van der Waals surface area contributed by atoms with E-state index >= 15 is 0 Å². The molecule has 1 heterocycles. The fourth-order valence-corrected chi connectivity index (χ4v) is 4.27. The molecule has 0 aliphatic rings. The molecule has 0 spiro atoms. The number of aromatic nitrogens is 2. The molecule has 0 radical (unpaired) electrons. The quantitative estimate of drug-likeness (QED) is 0.121. The number of nitrogens with zero attached hydrogens (tertiary/aromatic N) is 2. The van der Waals surface area contributed by atoms with Gasteiger partial charge in [0.2, 0.25) is 0 Å². The summed E-state index contributed by atoms with van der Waals surface area (Å²) < 4.78 is 21.4. The van der Waals surface area contributed by atoms with Gasteiger partial charge in [-0.2, -0.15) is 0 Å². The summed E-state index contributed by atoms with van der Waals surface area (Å²) in [6.45, 7) is -0.0657. The molecule has 0 bridgehead atoms. The van der Waals surface area contributed by atoms with Gasteiger partial charge in [0.15, 0.2) is 5.16 Å². The normalized spacial score (nSPS) is 10.3. The molecule has 26 heavy (non-hydrogen) atoms. The van der Waals surface area contributed by atoms with Crippen LogP contribution in [0.2, 0.25) is 0 Å². The van der Waals surface area contributed by atoms with Crippen molar-refractivity contribution in [2.24, 2.45) is 0 Å². The van der Waals surface area contributed by atoms with Crippen LogP contribution in [0.5, 0.6) is 0 Å². The second-order valence-electron chi connectivity index (χ2n) is 3.99. The number of unbranched alkanes of at least 4 members (excludes halogenated alkanes) is 1. The van der Waals surface area contributed by atoms with Crippen molar-refractivity contribution >= 4 is 27.0 Å². The molecule has 0 fully saturated rings. The van der Waals surface area contributed by atoms with E-state index in [1.165, 1.54) is 11.8 Å². The van der Waals surface area contributed by atoms with Gasteiger partial charge in [0.25, 0.3) is 0 Å². The van der Waals surface area contributed by atoms with Crippen molar-refractivity contribution in [3.05, 3.63) is 18.5 Å². The Morgan fingerprint density at radius 1 is 0.962 bits per heavy atom. The Morgan fingerprint density at radius 3 is 1.85 bits per heavy atom. The molecule has 1 aromatic rings. The van der Waals surface area contributed by atoms with E-state index in [-0.39, 0.29) is 130 Å². The second kappa shape index (κ2) is 20.5. The summed E-state index contributed by atoms with van der Waals surface area (Å²) in [4.78, 5) is 50.8. The summed E-state index contributed by atoms with van der Waals surface area (Å²) in [5.74, 6) is 0.634. The number of hydrogen-bond donors (Lipinski definition) is 1. The van der Waals surface area contributed by atoms with Crippen LogP contribution in [0.15, 0.2) is 23.6 Å². The monoisotopic (exact) mass is 463 g/mol. The van der Waals surface area contributed by atoms with Gasteiger partial charge in [0, 0.05) is 18.1 Å². The van der Waals surface area contributed by atoms with Crippen molar-refractivity contribution < 1.29 is 152 Å². The summed E-state index contributed by atoms with van der Waals surface area (Å²) in [5.41, 5.74) is -2.59. The molecule has 0 saturated heterocycles. The van der Waals surface area contributed by atoms with E-state index in [0.717, 1.165) is 0 Å². The van der Waals surface area contributed by atoms with Gasteiger partial charge in [-0.15, -0.1) is 0 Å². The fraction of sp³-hybridized carbons (Fsp3) is 0.556. The zero-order chi connectivity index (χ0) is 15.9. The van der Waals surface area contributed by atoms with Crippen molar-refractivity contribution in [1.29, 1.82) is 0 Å². The Balaban J connectivity index is -0.000000294. The molecular formula is C9H15N3Na4O7P2S. The number of hydrogen-bond acceptors (Lipinski definition) is 10. The molecule has 17 heteroatoms. The second-order valence-corrected chi connectivity index (χ2v) is 8.66. The number of nitrogens with one attached hydrogen (secondary N) is 1. The van der Waals surface area contributed by atoms with E-state index in [0.29, 0.717) is 23.8 Å². The first-order valence-corrected chi connectivity index (χ1v) is 10.1. The third-order valence-corrected chi connectivity index (χ3v) is 6.49. The van der Waals surface area contributed by atoms with Crippen molar-refractivity contribution in [3.63, 3.8) is 0 Å². The Kier molecular flexibility index (Phi) is 31.7. The maximum absolute atomic E-state index is 10.7. The SMILES string of the molecule is O.O=P([O-])([O-])C(NCCCCSc1ncccn1)P(=O)([O-])[O-].[Na+].[Na+].[Na+].[Na+]. The van der Waals surface area contributed by atoms with Crippen LogP contribution < -0.4 is 143 Å². The van der Waals surface area contributed by atoms with E-state index in [1.807, 2.05) is 5.32 Å². The summed E-state index contributed by atoms with van der Waals surface area (Å²) >= 11 is 1.38. The first kappa shape index (κ1) is 40.1. The molecule has 0 aliphatic heterocycles. The first-order valence-electron chi connectivity index (χ1n) is 5.88. The van der Waals surface area contributed by atoms with E-state index in [4.69, 9.17) is 0 Å². The zero-order valence-electron chi connectivity index (χ0n) is 15.3. The summed E-state index contributed by atoms with van der Waals surface area (Å²) in [6.07, 6.45) is 4.20. The Morgan fingerprint density at radius 2 is 1.42 bits per heavy atom. The van der Waals surface area contributed by atoms with Crippen molar-refractivity contribution in [2.75, 3.05) is 12.3 Å².